The Morgan fingerprint density at radius 3 is 1.62 bits per heavy atom. The van der Waals surface area contributed by atoms with E-state index >= 15 is 0 Å². The van der Waals surface area contributed by atoms with Gasteiger partial charge in [0.2, 0.25) is 0 Å². The molecular weight excluding hydrogens is 106 g/mol. The first-order chi connectivity index (χ1) is 3.65. The molecule has 1 amide bonds. The summed E-state index contributed by atoms with van der Waals surface area (Å²) in [4.78, 5) is 8.78. The number of terminal acetylenes is 2. The number of nitrogens with two attached hydrogens (primary N) is 1. The third-order valence-electron chi connectivity index (χ3n) is 0.0833. The maximum absolute atomic E-state index is 8.78. The van der Waals surface area contributed by atoms with Crippen LogP contribution in [0.25, 0.3) is 0 Å². The molecule has 0 spiro atoms. The van der Waals surface area contributed by atoms with Crippen LogP contribution in [0.1, 0.15) is 0 Å². The molecule has 0 aliphatic heterocycles. The summed E-state index contributed by atoms with van der Waals surface area (Å²) in [6, 6.07) is 0. The summed E-state index contributed by atoms with van der Waals surface area (Å²) >= 11 is 0. The highest BCUT2D eigenvalue weighted by Gasteiger charge is 1.65. The van der Waals surface area contributed by atoms with Crippen molar-refractivity contribution in [3.63, 3.8) is 0 Å². The van der Waals surface area contributed by atoms with E-state index in [1.807, 2.05) is 11.8 Å². The molecule has 0 aromatic carbocycles. The highest BCUT2D eigenvalue weighted by atomic mass is 16.4. The first kappa shape index (κ1) is 9.63. The van der Waals surface area contributed by atoms with Crippen LogP contribution < -0.4 is 5.73 Å². The molecule has 0 bridgehead atoms. The molecule has 3 nitrogen and oxygen atoms in total. The van der Waals surface area contributed by atoms with Gasteiger partial charge < -0.3 is 10.8 Å². The van der Waals surface area contributed by atoms with E-state index in [-0.39, 0.29) is 0 Å². The fourth-order valence-corrected chi connectivity index (χ4v) is 0. The monoisotopic (exact) mass is 111 g/mol. The fourth-order valence-electron chi connectivity index (χ4n) is 0. The van der Waals surface area contributed by atoms with Crippen molar-refractivity contribution in [2.24, 2.45) is 5.73 Å². The normalized spacial score (nSPS) is 4.25. The van der Waals surface area contributed by atoms with Gasteiger partial charge in [0.1, 0.15) is 0 Å². The van der Waals surface area contributed by atoms with Crippen molar-refractivity contribution in [1.82, 2.24) is 0 Å². The van der Waals surface area contributed by atoms with Crippen molar-refractivity contribution in [2.45, 2.75) is 0 Å². The van der Waals surface area contributed by atoms with Gasteiger partial charge in [-0.2, -0.15) is 0 Å². The molecule has 0 unspecified atom stereocenters. The van der Waals surface area contributed by atoms with Crippen LogP contribution in [0.2, 0.25) is 0 Å². The number of carbonyl (C=O) groups is 1. The zero-order valence-electron chi connectivity index (χ0n) is 4.09. The Hall–Kier alpha value is -1.61. The predicted octanol–water partition coefficient (Wildman–Crippen LogP) is -0.124. The van der Waals surface area contributed by atoms with Gasteiger partial charge in [-0.1, -0.05) is 0 Å². The van der Waals surface area contributed by atoms with Gasteiger partial charge in [0.15, 0.2) is 0 Å². The molecule has 0 rings (SSSR count). The Bertz CT molecular complexity index is 121. The zero-order chi connectivity index (χ0) is 6.99. The average Bonchev–Trinajstić information content (AvgIpc) is 1.65. The zero-order valence-corrected chi connectivity index (χ0v) is 4.09. The summed E-state index contributed by atoms with van der Waals surface area (Å²) in [5, 5.41) is 7.19. The highest BCUT2D eigenvalue weighted by Crippen LogP contribution is 1.34. The maximum Gasteiger partial charge on any atom is 0.402 e. The minimum atomic E-state index is -1.33. The second-order valence-corrected chi connectivity index (χ2v) is 0.627. The van der Waals surface area contributed by atoms with Crippen LogP contribution in [0, 0.1) is 24.7 Å². The van der Waals surface area contributed by atoms with Crippen molar-refractivity contribution in [2.75, 3.05) is 0 Å². The molecule has 0 radical (unpaired) electrons. The molecule has 8 heavy (non-hydrogen) atoms. The summed E-state index contributed by atoms with van der Waals surface area (Å²) in [5.41, 5.74) is 4.03. The topological polar surface area (TPSA) is 63.3 Å². The minimum absolute atomic E-state index is 1.33. The quantitative estimate of drug-likeness (QED) is 0.428. The predicted molar refractivity (Wildman–Crippen MR) is 29.9 cm³/mol. The van der Waals surface area contributed by atoms with Crippen molar-refractivity contribution in [1.29, 1.82) is 0 Å². The first-order valence-electron chi connectivity index (χ1n) is 1.54. The summed E-state index contributed by atoms with van der Waals surface area (Å²) in [7, 11) is 0. The molecule has 3 heteroatoms. The fraction of sp³-hybridized carbons (Fsp3) is 0. The van der Waals surface area contributed by atoms with Crippen LogP contribution in [0.15, 0.2) is 0 Å². The molecule has 0 aromatic heterocycles. The smallest absolute Gasteiger partial charge is 0.402 e. The molecule has 0 saturated carbocycles. The number of hydrogen-bond donors (Lipinski definition) is 2. The second-order valence-electron chi connectivity index (χ2n) is 0.627. The lowest BCUT2D eigenvalue weighted by molar-refractivity contribution is 0.205. The largest absolute Gasteiger partial charge is 0.465 e. The number of amides is 1. The summed E-state index contributed by atoms with van der Waals surface area (Å²) in [6.07, 6.45) is 7.75. The van der Waals surface area contributed by atoms with Crippen LogP contribution in [0.4, 0.5) is 4.79 Å². The molecular formula is C5H5NO2. The van der Waals surface area contributed by atoms with Gasteiger partial charge in [0.25, 0.3) is 0 Å². The first-order valence-corrected chi connectivity index (χ1v) is 1.54. The molecule has 0 aliphatic rings. The van der Waals surface area contributed by atoms with Crippen molar-refractivity contribution in [3.8, 4) is 24.7 Å². The van der Waals surface area contributed by atoms with E-state index in [0.717, 1.165) is 0 Å². The van der Waals surface area contributed by atoms with Gasteiger partial charge in [-0.3, -0.25) is 0 Å². The lowest BCUT2D eigenvalue weighted by Gasteiger charge is -1.61. The molecule has 42 valence electrons. The summed E-state index contributed by atoms with van der Waals surface area (Å²) in [5.74, 6) is 3.92. The third-order valence-corrected chi connectivity index (χ3v) is 0.0833. The van der Waals surface area contributed by atoms with Gasteiger partial charge in [-0.25, -0.2) is 4.79 Å². The number of carboxylic acid groups (broad SMARTS) is 1. The molecule has 0 atom stereocenters. The SMILES string of the molecule is C#CC#C.NC(=O)O. The molecule has 0 heterocycles. The average molecular weight is 111 g/mol. The van der Waals surface area contributed by atoms with Crippen molar-refractivity contribution >= 4 is 6.09 Å². The van der Waals surface area contributed by atoms with Gasteiger partial charge in [-0.05, 0) is 11.8 Å². The van der Waals surface area contributed by atoms with Gasteiger partial charge in [0.05, 0.1) is 0 Å². The van der Waals surface area contributed by atoms with Gasteiger partial charge in [0, 0.05) is 0 Å². The third kappa shape index (κ3) is 136. The van der Waals surface area contributed by atoms with Crippen molar-refractivity contribution in [3.05, 3.63) is 0 Å². The van der Waals surface area contributed by atoms with E-state index in [1.165, 1.54) is 0 Å². The second kappa shape index (κ2) is 9.04. The van der Waals surface area contributed by atoms with Crippen LogP contribution in [-0.2, 0) is 0 Å². The number of hydrogen-bond acceptors (Lipinski definition) is 1. The lowest BCUT2D eigenvalue weighted by atomic mass is 10.7. The van der Waals surface area contributed by atoms with E-state index in [4.69, 9.17) is 9.90 Å². The molecule has 0 aromatic rings. The standard InChI is InChI=1S/C4H2.CH3NO2/c1-3-4-2;2-1(3)4/h1-2H;2H2,(H,3,4). The number of primary amides is 1. The van der Waals surface area contributed by atoms with Crippen LogP contribution >= 0.6 is 0 Å². The van der Waals surface area contributed by atoms with E-state index in [2.05, 4.69) is 18.6 Å². The van der Waals surface area contributed by atoms with Crippen LogP contribution in [-0.4, -0.2) is 11.2 Å². The minimum Gasteiger partial charge on any atom is -0.465 e. The molecule has 3 N–H and O–H groups in total. The molecule has 0 aliphatic carbocycles. The molecule has 0 saturated heterocycles. The maximum atomic E-state index is 8.78. The Morgan fingerprint density at radius 1 is 1.50 bits per heavy atom. The molecule has 0 fully saturated rings. The van der Waals surface area contributed by atoms with Crippen LogP contribution in [0.3, 0.4) is 0 Å². The number of rotatable bonds is 0. The van der Waals surface area contributed by atoms with E-state index in [0.29, 0.717) is 0 Å². The Morgan fingerprint density at radius 2 is 1.62 bits per heavy atom. The Kier molecular flexibility index (Phi) is 10.9. The lowest BCUT2D eigenvalue weighted by Crippen LogP contribution is -2.03. The summed E-state index contributed by atoms with van der Waals surface area (Å²) in [6.45, 7) is 0. The highest BCUT2D eigenvalue weighted by molar-refractivity contribution is 5.61. The van der Waals surface area contributed by atoms with E-state index < -0.39 is 6.09 Å². The van der Waals surface area contributed by atoms with Crippen LogP contribution in [0.5, 0.6) is 0 Å². The Balaban J connectivity index is 0. The van der Waals surface area contributed by atoms with Gasteiger partial charge >= 0.3 is 6.09 Å². The Labute approximate surface area is 47.5 Å². The van der Waals surface area contributed by atoms with Crippen molar-refractivity contribution < 1.29 is 9.90 Å². The van der Waals surface area contributed by atoms with E-state index in [1.54, 1.807) is 0 Å². The van der Waals surface area contributed by atoms with E-state index in [9.17, 15) is 0 Å². The van der Waals surface area contributed by atoms with Gasteiger partial charge in [-0.15, -0.1) is 12.8 Å². The summed E-state index contributed by atoms with van der Waals surface area (Å²) < 4.78 is 0.